The van der Waals surface area contributed by atoms with Crippen LogP contribution in [0, 0.1) is 5.92 Å². The zero-order valence-electron chi connectivity index (χ0n) is 21.1. The maximum absolute atomic E-state index is 13.4. The second-order valence-corrected chi connectivity index (χ2v) is 10.3. The van der Waals surface area contributed by atoms with Gasteiger partial charge in [-0.05, 0) is 23.6 Å². The van der Waals surface area contributed by atoms with Crippen LogP contribution in [-0.2, 0) is 22.5 Å². The Bertz CT molecular complexity index is 1290. The maximum atomic E-state index is 13.4. The number of hydrogen-bond acceptors (Lipinski definition) is 9. The van der Waals surface area contributed by atoms with Crippen LogP contribution in [0.1, 0.15) is 34.6 Å². The number of benzene rings is 1. The number of ether oxygens (including phenoxy) is 4. The van der Waals surface area contributed by atoms with E-state index in [0.29, 0.717) is 53.5 Å². The zero-order valence-corrected chi connectivity index (χ0v) is 21.9. The molecule has 192 valence electrons. The van der Waals surface area contributed by atoms with E-state index in [4.69, 9.17) is 29.7 Å². The normalized spacial score (nSPS) is 17.8. The van der Waals surface area contributed by atoms with Crippen LogP contribution in [0.5, 0.6) is 11.5 Å². The van der Waals surface area contributed by atoms with Gasteiger partial charge in [0.15, 0.2) is 0 Å². The fourth-order valence-corrected chi connectivity index (χ4v) is 5.81. The van der Waals surface area contributed by atoms with E-state index in [1.807, 2.05) is 0 Å². The van der Waals surface area contributed by atoms with E-state index in [9.17, 15) is 4.79 Å². The number of nitrogens with zero attached hydrogens (tertiary/aromatic N) is 2. The number of nitrogens with one attached hydrogen (secondary N) is 1. The van der Waals surface area contributed by atoms with Crippen molar-refractivity contribution in [3.63, 3.8) is 0 Å². The smallest absolute Gasteiger partial charge is 0.268 e. The van der Waals surface area contributed by atoms with Gasteiger partial charge in [0.1, 0.15) is 27.0 Å². The fraction of sp³-hybridized carbons (Fsp3) is 0.462. The van der Waals surface area contributed by atoms with Gasteiger partial charge in [0.2, 0.25) is 0 Å². The number of hydrogen-bond donors (Lipinski definition) is 2. The second kappa shape index (κ2) is 10.1. The average molecular weight is 513 g/mol. The molecule has 36 heavy (non-hydrogen) atoms. The number of morpholine rings is 1. The molecule has 0 aliphatic carbocycles. The lowest BCUT2D eigenvalue weighted by Crippen LogP contribution is -2.38. The molecule has 0 radical (unpaired) electrons. The molecule has 2 aromatic heterocycles. The summed E-state index contributed by atoms with van der Waals surface area (Å²) < 4.78 is 22.5. The first-order chi connectivity index (χ1) is 17.4. The number of carbonyl (C=O) groups is 1. The van der Waals surface area contributed by atoms with Gasteiger partial charge in [0.05, 0.1) is 51.5 Å². The topological polar surface area (TPSA) is 108 Å². The Hall–Kier alpha value is -3.08. The summed E-state index contributed by atoms with van der Waals surface area (Å²) in [6, 6.07) is 5.24. The molecule has 0 unspecified atom stereocenters. The molecule has 1 aromatic carbocycles. The molecule has 1 atom stereocenters. The van der Waals surface area contributed by atoms with Crippen molar-refractivity contribution in [1.29, 1.82) is 0 Å². The Morgan fingerprint density at radius 3 is 2.69 bits per heavy atom. The van der Waals surface area contributed by atoms with Gasteiger partial charge >= 0.3 is 0 Å². The predicted molar refractivity (Wildman–Crippen MR) is 142 cm³/mol. The van der Waals surface area contributed by atoms with E-state index < -0.39 is 0 Å². The van der Waals surface area contributed by atoms with Gasteiger partial charge in [-0.25, -0.2) is 4.98 Å². The summed E-state index contributed by atoms with van der Waals surface area (Å²) in [6.45, 7) is 7.66. The molecule has 4 heterocycles. The molecule has 0 bridgehead atoms. The summed E-state index contributed by atoms with van der Waals surface area (Å²) in [6.07, 6.45) is 0.818. The number of carbonyl (C=O) groups excluding carboxylic acids is 1. The minimum absolute atomic E-state index is 0.0841. The molecule has 1 saturated heterocycles. The van der Waals surface area contributed by atoms with Gasteiger partial charge in [0.25, 0.3) is 5.91 Å². The minimum Gasteiger partial charge on any atom is -0.497 e. The fourth-order valence-electron chi connectivity index (χ4n) is 4.79. The number of nitrogens with two attached hydrogens (primary N) is 1. The quantitative estimate of drug-likeness (QED) is 0.509. The number of anilines is 3. The van der Waals surface area contributed by atoms with E-state index in [2.05, 4.69) is 24.1 Å². The third-order valence-corrected chi connectivity index (χ3v) is 7.93. The first kappa shape index (κ1) is 24.6. The van der Waals surface area contributed by atoms with E-state index in [-0.39, 0.29) is 12.0 Å². The van der Waals surface area contributed by atoms with Crippen molar-refractivity contribution in [2.75, 3.05) is 56.5 Å². The van der Waals surface area contributed by atoms with Crippen molar-refractivity contribution in [2.24, 2.45) is 5.92 Å². The number of amides is 1. The molecule has 0 spiro atoms. The van der Waals surface area contributed by atoms with Crippen LogP contribution in [0.4, 0.5) is 17.2 Å². The highest BCUT2D eigenvalue weighted by Crippen LogP contribution is 2.43. The SMILES string of the molecule is COc1ccc(NC(=O)c2sc3nc(N4CCOCC4)c4c(c3c2N)C[C@@H](C(C)C)OC4)c(OC)c1. The lowest BCUT2D eigenvalue weighted by Gasteiger charge is -2.34. The van der Waals surface area contributed by atoms with E-state index in [0.717, 1.165) is 46.7 Å². The lowest BCUT2D eigenvalue weighted by atomic mass is 9.91. The van der Waals surface area contributed by atoms with Crippen LogP contribution < -0.4 is 25.4 Å². The van der Waals surface area contributed by atoms with Crippen LogP contribution in [0.3, 0.4) is 0 Å². The molecule has 2 aliphatic heterocycles. The van der Waals surface area contributed by atoms with Gasteiger partial charge in [-0.1, -0.05) is 13.8 Å². The Balaban J connectivity index is 1.57. The Morgan fingerprint density at radius 1 is 1.22 bits per heavy atom. The van der Waals surface area contributed by atoms with Crippen LogP contribution in [0.25, 0.3) is 10.2 Å². The van der Waals surface area contributed by atoms with Gasteiger partial charge in [-0.2, -0.15) is 0 Å². The first-order valence-corrected chi connectivity index (χ1v) is 12.9. The number of rotatable bonds is 6. The molecule has 5 rings (SSSR count). The molecule has 1 amide bonds. The predicted octanol–water partition coefficient (Wildman–Crippen LogP) is 4.08. The molecule has 3 N–H and O–H groups in total. The summed E-state index contributed by atoms with van der Waals surface area (Å²) in [7, 11) is 3.13. The van der Waals surface area contributed by atoms with Crippen LogP contribution in [0.2, 0.25) is 0 Å². The summed E-state index contributed by atoms with van der Waals surface area (Å²) in [5, 5.41) is 3.82. The third kappa shape index (κ3) is 4.44. The van der Waals surface area contributed by atoms with E-state index in [1.54, 1.807) is 32.4 Å². The molecular formula is C26H32N4O5S. The number of methoxy groups -OCH3 is 2. The first-order valence-electron chi connectivity index (χ1n) is 12.1. The van der Waals surface area contributed by atoms with Gasteiger partial charge in [-0.3, -0.25) is 4.79 Å². The largest absolute Gasteiger partial charge is 0.497 e. The second-order valence-electron chi connectivity index (χ2n) is 9.33. The Morgan fingerprint density at radius 2 is 2.00 bits per heavy atom. The number of aromatic nitrogens is 1. The van der Waals surface area contributed by atoms with Gasteiger partial charge in [-0.15, -0.1) is 11.3 Å². The van der Waals surface area contributed by atoms with Gasteiger partial charge < -0.3 is 34.9 Å². The molecule has 3 aromatic rings. The number of thiophene rings is 1. The molecular weight excluding hydrogens is 480 g/mol. The molecule has 2 aliphatic rings. The maximum Gasteiger partial charge on any atom is 0.268 e. The highest BCUT2D eigenvalue weighted by atomic mass is 32.1. The van der Waals surface area contributed by atoms with Crippen molar-refractivity contribution in [3.05, 3.63) is 34.2 Å². The van der Waals surface area contributed by atoms with Crippen molar-refractivity contribution in [2.45, 2.75) is 33.0 Å². The van der Waals surface area contributed by atoms with Crippen LogP contribution in [0.15, 0.2) is 18.2 Å². The third-order valence-electron chi connectivity index (χ3n) is 6.83. The standard InChI is InChI=1S/C26H32N4O5S/c1-14(2)19-12-16-17(13-35-19)24(30-7-9-34-10-8-30)29-26-21(16)22(27)23(36-26)25(31)28-18-6-5-15(32-3)11-20(18)33-4/h5-6,11,14,19H,7-10,12-13,27H2,1-4H3,(H,28,31)/t19-/m0/s1. The highest BCUT2D eigenvalue weighted by Gasteiger charge is 2.32. The lowest BCUT2D eigenvalue weighted by molar-refractivity contribution is 0.000125. The Labute approximate surface area is 214 Å². The van der Waals surface area contributed by atoms with Crippen molar-refractivity contribution in [3.8, 4) is 11.5 Å². The summed E-state index contributed by atoms with van der Waals surface area (Å²) in [4.78, 5) is 21.9. The number of pyridine rings is 1. The van der Waals surface area contributed by atoms with Gasteiger partial charge in [0, 0.05) is 36.5 Å². The molecule has 10 heteroatoms. The Kier molecular flexibility index (Phi) is 6.92. The highest BCUT2D eigenvalue weighted by molar-refractivity contribution is 7.21. The average Bonchev–Trinajstić information content (AvgIpc) is 3.25. The van der Waals surface area contributed by atoms with Crippen molar-refractivity contribution < 1.29 is 23.7 Å². The zero-order chi connectivity index (χ0) is 25.4. The summed E-state index contributed by atoms with van der Waals surface area (Å²) >= 11 is 1.32. The van der Waals surface area contributed by atoms with Crippen LogP contribution >= 0.6 is 11.3 Å². The van der Waals surface area contributed by atoms with Crippen molar-refractivity contribution >= 4 is 44.7 Å². The van der Waals surface area contributed by atoms with E-state index >= 15 is 0 Å². The van der Waals surface area contributed by atoms with Crippen LogP contribution in [-0.4, -0.2) is 57.5 Å². The molecule has 0 saturated carbocycles. The molecule has 9 nitrogen and oxygen atoms in total. The van der Waals surface area contributed by atoms with E-state index in [1.165, 1.54) is 11.3 Å². The van der Waals surface area contributed by atoms with Crippen molar-refractivity contribution in [1.82, 2.24) is 4.98 Å². The monoisotopic (exact) mass is 512 g/mol. The number of fused-ring (bicyclic) bond motifs is 3. The molecule has 1 fully saturated rings. The minimum atomic E-state index is -0.298. The number of nitrogen functional groups attached to an aromatic ring is 1. The summed E-state index contributed by atoms with van der Waals surface area (Å²) in [5.41, 5.74) is 9.87. The summed E-state index contributed by atoms with van der Waals surface area (Å²) in [5.74, 6) is 2.11.